The third-order valence-electron chi connectivity index (χ3n) is 3.38. The quantitative estimate of drug-likeness (QED) is 0.889. The molecule has 1 unspecified atom stereocenters. The Morgan fingerprint density at radius 2 is 1.75 bits per heavy atom. The Morgan fingerprint density at radius 1 is 1.25 bits per heavy atom. The topological polar surface area (TPSA) is 75.3 Å². The normalized spacial score (nSPS) is 14.4. The first-order valence-corrected chi connectivity index (χ1v) is 6.83. The fraction of sp³-hybridized carbons (Fsp3) is 0.733. The number of hydrogen-bond acceptors (Lipinski definition) is 3. The molecule has 114 valence electrons. The van der Waals surface area contributed by atoms with Gasteiger partial charge in [-0.3, -0.25) is 9.48 Å². The van der Waals surface area contributed by atoms with Crippen molar-refractivity contribution in [3.8, 4) is 0 Å². The van der Waals surface area contributed by atoms with E-state index in [1.165, 1.54) is 0 Å². The molecule has 2 N–H and O–H groups in total. The van der Waals surface area contributed by atoms with Crippen molar-refractivity contribution in [2.75, 3.05) is 0 Å². The fourth-order valence-corrected chi connectivity index (χ4v) is 2.58. The van der Waals surface area contributed by atoms with Gasteiger partial charge in [-0.25, -0.2) is 0 Å². The molecule has 0 aromatic carbocycles. The predicted molar refractivity (Wildman–Crippen MR) is 77.8 cm³/mol. The average Bonchev–Trinajstić information content (AvgIpc) is 2.40. The van der Waals surface area contributed by atoms with E-state index in [2.05, 4.69) is 5.10 Å². The van der Waals surface area contributed by atoms with Crippen LogP contribution < -0.4 is 0 Å². The second-order valence-corrected chi connectivity index (χ2v) is 7.19. The minimum absolute atomic E-state index is 0.343. The van der Waals surface area contributed by atoms with Gasteiger partial charge in [0.05, 0.1) is 23.8 Å². The highest BCUT2D eigenvalue weighted by Gasteiger charge is 2.37. The summed E-state index contributed by atoms with van der Waals surface area (Å²) >= 11 is 0. The molecule has 0 fully saturated rings. The van der Waals surface area contributed by atoms with E-state index in [4.69, 9.17) is 0 Å². The lowest BCUT2D eigenvalue weighted by Gasteiger charge is -2.27. The van der Waals surface area contributed by atoms with Crippen molar-refractivity contribution in [1.29, 1.82) is 0 Å². The molecule has 20 heavy (non-hydrogen) atoms. The van der Waals surface area contributed by atoms with Crippen molar-refractivity contribution in [2.45, 2.75) is 66.5 Å². The minimum Gasteiger partial charge on any atom is -0.481 e. The highest BCUT2D eigenvalue weighted by molar-refractivity contribution is 5.78. The maximum absolute atomic E-state index is 11.7. The molecule has 1 aromatic heterocycles. The molecule has 0 saturated heterocycles. The van der Waals surface area contributed by atoms with Crippen molar-refractivity contribution >= 4 is 5.97 Å². The van der Waals surface area contributed by atoms with Gasteiger partial charge in [-0.1, -0.05) is 20.8 Å². The first-order valence-electron chi connectivity index (χ1n) is 6.83. The summed E-state index contributed by atoms with van der Waals surface area (Å²) in [5.41, 5.74) is 1.00. The van der Waals surface area contributed by atoms with Gasteiger partial charge in [0.15, 0.2) is 0 Å². The Morgan fingerprint density at radius 3 is 2.10 bits per heavy atom. The SMILES string of the molecule is Cc1nn(CC(C)(C)O)c(C)c1C(C(=O)O)C(C)(C)C. The Bertz CT molecular complexity index is 504. The highest BCUT2D eigenvalue weighted by atomic mass is 16.4. The maximum atomic E-state index is 11.7. The molecule has 1 heterocycles. The molecule has 5 nitrogen and oxygen atoms in total. The molecule has 0 spiro atoms. The molecule has 0 aliphatic carbocycles. The average molecular weight is 282 g/mol. The smallest absolute Gasteiger partial charge is 0.311 e. The van der Waals surface area contributed by atoms with Crippen LogP contribution in [0.1, 0.15) is 57.5 Å². The van der Waals surface area contributed by atoms with Crippen molar-refractivity contribution in [1.82, 2.24) is 9.78 Å². The number of carboxylic acids is 1. The highest BCUT2D eigenvalue weighted by Crippen LogP contribution is 2.38. The van der Waals surface area contributed by atoms with Gasteiger partial charge < -0.3 is 10.2 Å². The van der Waals surface area contributed by atoms with Crippen LogP contribution in [0, 0.1) is 19.3 Å². The Balaban J connectivity index is 3.35. The largest absolute Gasteiger partial charge is 0.481 e. The molecule has 1 rings (SSSR count). The molecule has 5 heteroatoms. The van der Waals surface area contributed by atoms with Gasteiger partial charge in [0.1, 0.15) is 0 Å². The number of rotatable bonds is 4. The van der Waals surface area contributed by atoms with Crippen molar-refractivity contribution in [3.05, 3.63) is 17.0 Å². The van der Waals surface area contributed by atoms with Crippen molar-refractivity contribution in [2.24, 2.45) is 5.41 Å². The summed E-state index contributed by atoms with van der Waals surface area (Å²) in [7, 11) is 0. The van der Waals surface area contributed by atoms with E-state index in [1.54, 1.807) is 18.5 Å². The van der Waals surface area contributed by atoms with E-state index >= 15 is 0 Å². The molecule has 0 aliphatic heterocycles. The van der Waals surface area contributed by atoms with Gasteiger partial charge in [-0.15, -0.1) is 0 Å². The molecule has 0 radical (unpaired) electrons. The van der Waals surface area contributed by atoms with E-state index in [-0.39, 0.29) is 0 Å². The lowest BCUT2D eigenvalue weighted by Crippen LogP contribution is -2.29. The van der Waals surface area contributed by atoms with Gasteiger partial charge in [-0.2, -0.15) is 5.10 Å². The van der Waals surface area contributed by atoms with E-state index < -0.39 is 22.9 Å². The second kappa shape index (κ2) is 5.20. The summed E-state index contributed by atoms with van der Waals surface area (Å²) in [6.45, 7) is 13.2. The van der Waals surface area contributed by atoms with Crippen LogP contribution in [0.2, 0.25) is 0 Å². The molecular weight excluding hydrogens is 256 g/mol. The molecule has 0 amide bonds. The zero-order valence-corrected chi connectivity index (χ0v) is 13.5. The summed E-state index contributed by atoms with van der Waals surface area (Å²) in [6.07, 6.45) is 0. The van der Waals surface area contributed by atoms with Crippen LogP contribution in [-0.4, -0.2) is 31.6 Å². The number of nitrogens with zero attached hydrogens (tertiary/aromatic N) is 2. The van der Waals surface area contributed by atoms with Gasteiger partial charge in [0.25, 0.3) is 0 Å². The first-order chi connectivity index (χ1) is 8.84. The van der Waals surface area contributed by atoms with Crippen LogP contribution in [0.5, 0.6) is 0 Å². The summed E-state index contributed by atoms with van der Waals surface area (Å²) in [4.78, 5) is 11.7. The zero-order chi connectivity index (χ0) is 15.9. The second-order valence-electron chi connectivity index (χ2n) is 7.19. The summed E-state index contributed by atoms with van der Waals surface area (Å²) in [5, 5.41) is 23.9. The van der Waals surface area contributed by atoms with E-state index in [9.17, 15) is 15.0 Å². The van der Waals surface area contributed by atoms with E-state index in [1.807, 2.05) is 34.6 Å². The lowest BCUT2D eigenvalue weighted by atomic mass is 9.75. The lowest BCUT2D eigenvalue weighted by molar-refractivity contribution is -0.141. The molecule has 1 atom stereocenters. The summed E-state index contributed by atoms with van der Waals surface area (Å²) in [5.74, 6) is -1.45. The molecule has 0 saturated carbocycles. The summed E-state index contributed by atoms with van der Waals surface area (Å²) in [6, 6.07) is 0. The number of carboxylic acid groups (broad SMARTS) is 1. The number of hydrogen-bond donors (Lipinski definition) is 2. The van der Waals surface area contributed by atoms with Gasteiger partial charge in [0, 0.05) is 11.3 Å². The van der Waals surface area contributed by atoms with Crippen LogP contribution >= 0.6 is 0 Å². The monoisotopic (exact) mass is 282 g/mol. The number of aromatic nitrogens is 2. The summed E-state index contributed by atoms with van der Waals surface area (Å²) < 4.78 is 1.70. The molecule has 1 aromatic rings. The molecule has 0 bridgehead atoms. The van der Waals surface area contributed by atoms with Crippen LogP contribution in [0.25, 0.3) is 0 Å². The third-order valence-corrected chi connectivity index (χ3v) is 3.38. The molecular formula is C15H26N2O3. The number of aliphatic carboxylic acids is 1. The van der Waals surface area contributed by atoms with Crippen LogP contribution in [0.3, 0.4) is 0 Å². The first kappa shape index (κ1) is 16.7. The van der Waals surface area contributed by atoms with Crippen LogP contribution in [0.4, 0.5) is 0 Å². The third kappa shape index (κ3) is 3.60. The van der Waals surface area contributed by atoms with Crippen LogP contribution in [-0.2, 0) is 11.3 Å². The number of carbonyl (C=O) groups is 1. The zero-order valence-electron chi connectivity index (χ0n) is 13.5. The Kier molecular flexibility index (Phi) is 4.34. The van der Waals surface area contributed by atoms with Gasteiger partial charge >= 0.3 is 5.97 Å². The number of aliphatic hydroxyl groups is 1. The number of aryl methyl sites for hydroxylation is 1. The van der Waals surface area contributed by atoms with Gasteiger partial charge in [-0.05, 0) is 33.1 Å². The predicted octanol–water partition coefficient (Wildman–Crippen LogP) is 2.49. The Hall–Kier alpha value is -1.36. The van der Waals surface area contributed by atoms with E-state index in [0.29, 0.717) is 12.2 Å². The standard InChI is InChI=1S/C15H26N2O3/c1-9-11(12(13(18)19)14(3,4)5)10(2)17(16-9)8-15(6,7)20/h12,20H,8H2,1-7H3,(H,18,19). The molecule has 0 aliphatic rings. The maximum Gasteiger partial charge on any atom is 0.311 e. The Labute approximate surface area is 120 Å². The minimum atomic E-state index is -0.888. The van der Waals surface area contributed by atoms with E-state index in [0.717, 1.165) is 11.3 Å². The van der Waals surface area contributed by atoms with Gasteiger partial charge in [0.2, 0.25) is 0 Å². The van der Waals surface area contributed by atoms with Crippen molar-refractivity contribution in [3.63, 3.8) is 0 Å². The fourth-order valence-electron chi connectivity index (χ4n) is 2.58. The van der Waals surface area contributed by atoms with Crippen LogP contribution in [0.15, 0.2) is 0 Å². The van der Waals surface area contributed by atoms with Crippen molar-refractivity contribution < 1.29 is 15.0 Å².